The van der Waals surface area contributed by atoms with Crippen LogP contribution >= 0.6 is 0 Å². The van der Waals surface area contributed by atoms with Crippen LogP contribution < -0.4 is 5.32 Å². The van der Waals surface area contributed by atoms with Crippen LogP contribution in [0.4, 0.5) is 0 Å². The number of aliphatic hydroxyl groups excluding tert-OH is 1. The molecular formula is C33H53NO3. The topological polar surface area (TPSA) is 69.6 Å². The van der Waals surface area contributed by atoms with Crippen LogP contribution in [-0.2, 0) is 4.79 Å². The lowest BCUT2D eigenvalue weighted by Gasteiger charge is -2.44. The van der Waals surface area contributed by atoms with Gasteiger partial charge in [0.2, 0.25) is 5.91 Å². The Morgan fingerprint density at radius 2 is 1.84 bits per heavy atom. The van der Waals surface area contributed by atoms with Crippen LogP contribution in [0.2, 0.25) is 0 Å². The molecule has 0 spiro atoms. The Balaban J connectivity index is 1.72. The van der Waals surface area contributed by atoms with Crippen LogP contribution in [0.5, 0.6) is 0 Å². The molecule has 0 aliphatic heterocycles. The first-order valence-electron chi connectivity index (χ1n) is 14.6. The molecule has 3 rings (SSSR count). The summed E-state index contributed by atoms with van der Waals surface area (Å²) < 4.78 is 0. The minimum absolute atomic E-state index is 0.0784. The van der Waals surface area contributed by atoms with E-state index in [2.05, 4.69) is 57.0 Å². The molecule has 0 bridgehead atoms. The van der Waals surface area contributed by atoms with E-state index in [0.717, 1.165) is 19.3 Å². The van der Waals surface area contributed by atoms with Gasteiger partial charge in [0.05, 0.1) is 17.6 Å². The number of hydrogen-bond donors (Lipinski definition) is 3. The summed E-state index contributed by atoms with van der Waals surface area (Å²) in [7, 11) is 0. The molecule has 0 aromatic rings. The molecule has 4 nitrogen and oxygen atoms in total. The fraction of sp³-hybridized carbons (Fsp3) is 0.727. The minimum atomic E-state index is -0.759. The van der Waals surface area contributed by atoms with Crippen LogP contribution in [0.1, 0.15) is 99.8 Å². The van der Waals surface area contributed by atoms with Crippen molar-refractivity contribution in [2.45, 2.75) is 111 Å². The molecule has 3 fully saturated rings. The van der Waals surface area contributed by atoms with Gasteiger partial charge >= 0.3 is 0 Å². The highest BCUT2D eigenvalue weighted by Crippen LogP contribution is 2.59. The summed E-state index contributed by atoms with van der Waals surface area (Å²) in [5.41, 5.74) is 2.90. The van der Waals surface area contributed by atoms with Crippen LogP contribution in [0, 0.1) is 34.5 Å². The maximum atomic E-state index is 12.6. The molecule has 0 saturated heterocycles. The zero-order valence-electron chi connectivity index (χ0n) is 24.6. The summed E-state index contributed by atoms with van der Waals surface area (Å²) in [6.45, 7) is 18.5. The smallest absolute Gasteiger partial charge is 0.228 e. The van der Waals surface area contributed by atoms with E-state index in [-0.39, 0.29) is 24.5 Å². The summed E-state index contributed by atoms with van der Waals surface area (Å²) in [6.07, 6.45) is 18.1. The average Bonchev–Trinajstić information content (AvgIpc) is 3.19. The van der Waals surface area contributed by atoms with Crippen LogP contribution in [-0.4, -0.2) is 34.4 Å². The molecule has 0 radical (unpaired) electrons. The van der Waals surface area contributed by atoms with Gasteiger partial charge in [-0.1, -0.05) is 62.8 Å². The molecule has 0 aromatic heterocycles. The quantitative estimate of drug-likeness (QED) is 0.311. The van der Waals surface area contributed by atoms with Gasteiger partial charge in [-0.25, -0.2) is 0 Å². The Morgan fingerprint density at radius 3 is 2.49 bits per heavy atom. The van der Waals surface area contributed by atoms with Gasteiger partial charge in [-0.2, -0.15) is 0 Å². The van der Waals surface area contributed by atoms with E-state index in [1.165, 1.54) is 43.3 Å². The molecule has 4 heteroatoms. The maximum Gasteiger partial charge on any atom is 0.228 e. The van der Waals surface area contributed by atoms with Gasteiger partial charge < -0.3 is 15.5 Å². The Morgan fingerprint density at radius 1 is 1.14 bits per heavy atom. The highest BCUT2D eigenvalue weighted by Gasteiger charge is 2.50. The molecule has 3 aliphatic carbocycles. The SMILES string of the molecule is C=C1CC[C@@H](NC(=O)C(C)(C)CO)C/C1=C/C=C1\CCC[C@@]2(C)C1CCC2[C@H](C)/C=C/[C@H](C)C(C)(C)O. The van der Waals surface area contributed by atoms with E-state index in [4.69, 9.17) is 0 Å². The van der Waals surface area contributed by atoms with Crippen LogP contribution in [0.15, 0.2) is 47.6 Å². The van der Waals surface area contributed by atoms with Crippen molar-refractivity contribution in [3.05, 3.63) is 47.6 Å². The van der Waals surface area contributed by atoms with Gasteiger partial charge in [-0.15, -0.1) is 0 Å². The van der Waals surface area contributed by atoms with Crippen molar-refractivity contribution < 1.29 is 15.0 Å². The molecule has 0 aromatic carbocycles. The number of amides is 1. The molecule has 208 valence electrons. The molecular weight excluding hydrogens is 458 g/mol. The number of rotatable bonds is 8. The number of nitrogens with one attached hydrogen (secondary N) is 1. The molecule has 0 heterocycles. The Labute approximate surface area is 226 Å². The highest BCUT2D eigenvalue weighted by atomic mass is 16.3. The second kappa shape index (κ2) is 11.6. The van der Waals surface area contributed by atoms with E-state index in [1.807, 2.05) is 13.8 Å². The molecule has 1 amide bonds. The van der Waals surface area contributed by atoms with Crippen molar-refractivity contribution in [1.29, 1.82) is 0 Å². The van der Waals surface area contributed by atoms with E-state index >= 15 is 0 Å². The third kappa shape index (κ3) is 6.87. The summed E-state index contributed by atoms with van der Waals surface area (Å²) in [5, 5.41) is 23.0. The van der Waals surface area contributed by atoms with Crippen molar-refractivity contribution in [2.24, 2.45) is 34.5 Å². The highest BCUT2D eigenvalue weighted by molar-refractivity contribution is 5.82. The molecule has 6 atom stereocenters. The predicted molar refractivity (Wildman–Crippen MR) is 154 cm³/mol. The molecule has 37 heavy (non-hydrogen) atoms. The van der Waals surface area contributed by atoms with Gasteiger partial charge in [0.1, 0.15) is 0 Å². The number of hydrogen-bond acceptors (Lipinski definition) is 3. The number of allylic oxidation sites excluding steroid dienone is 5. The van der Waals surface area contributed by atoms with Crippen molar-refractivity contribution in [2.75, 3.05) is 6.61 Å². The van der Waals surface area contributed by atoms with Gasteiger partial charge in [-0.3, -0.25) is 4.79 Å². The zero-order chi connectivity index (χ0) is 27.6. The first-order valence-corrected chi connectivity index (χ1v) is 14.6. The standard InChI is InChI=1S/C33H53NO3/c1-22-12-16-27(34-30(36)31(4,5)21-35)20-26(22)15-14-25-10-9-19-33(8)28(17-18-29(25)33)23(2)11-13-24(3)32(6,7)37/h11,13-15,23-24,27-29,35,37H,1,9-10,12,16-21H2,2-8H3,(H,34,36)/b13-11+,25-14+,26-15-/t23-,24+,27-,28?,29?,33-/m1/s1. The van der Waals surface area contributed by atoms with Gasteiger partial charge in [0.15, 0.2) is 0 Å². The number of carbonyl (C=O) groups is 1. The summed E-state index contributed by atoms with van der Waals surface area (Å²) in [4.78, 5) is 12.6. The fourth-order valence-electron chi connectivity index (χ4n) is 6.84. The van der Waals surface area contributed by atoms with Crippen LogP contribution in [0.3, 0.4) is 0 Å². The van der Waals surface area contributed by atoms with E-state index in [9.17, 15) is 15.0 Å². The monoisotopic (exact) mass is 511 g/mol. The van der Waals surface area contributed by atoms with E-state index in [0.29, 0.717) is 23.2 Å². The summed E-state index contributed by atoms with van der Waals surface area (Å²) in [5.74, 6) is 1.86. The van der Waals surface area contributed by atoms with Crippen LogP contribution in [0.25, 0.3) is 0 Å². The normalized spacial score (nSPS) is 33.1. The lowest BCUT2D eigenvalue weighted by Crippen LogP contribution is -2.45. The Bertz CT molecular complexity index is 934. The predicted octanol–water partition coefficient (Wildman–Crippen LogP) is 6.90. The zero-order valence-corrected chi connectivity index (χ0v) is 24.6. The molecule has 2 unspecified atom stereocenters. The van der Waals surface area contributed by atoms with Gasteiger partial charge in [-0.05, 0) is 108 Å². The number of carbonyl (C=O) groups excluding carboxylic acids is 1. The molecule has 3 saturated carbocycles. The van der Waals surface area contributed by atoms with Crippen molar-refractivity contribution in [3.8, 4) is 0 Å². The third-order valence-corrected chi connectivity index (χ3v) is 10.0. The van der Waals surface area contributed by atoms with Crippen molar-refractivity contribution >= 4 is 5.91 Å². The largest absolute Gasteiger partial charge is 0.395 e. The molecule has 3 aliphatic rings. The summed E-state index contributed by atoms with van der Waals surface area (Å²) in [6, 6.07) is 0.0971. The van der Waals surface area contributed by atoms with E-state index < -0.39 is 11.0 Å². The Hall–Kier alpha value is -1.65. The van der Waals surface area contributed by atoms with Gasteiger partial charge in [0.25, 0.3) is 0 Å². The average molecular weight is 512 g/mol. The summed E-state index contributed by atoms with van der Waals surface area (Å²) >= 11 is 0. The number of fused-ring (bicyclic) bond motifs is 1. The van der Waals surface area contributed by atoms with E-state index in [1.54, 1.807) is 19.4 Å². The lowest BCUT2D eigenvalue weighted by molar-refractivity contribution is -0.132. The fourth-order valence-corrected chi connectivity index (χ4v) is 6.84. The van der Waals surface area contributed by atoms with Gasteiger partial charge in [0, 0.05) is 12.0 Å². The first-order chi connectivity index (χ1) is 17.2. The second-order valence-corrected chi connectivity index (χ2v) is 13.8. The Kier molecular flexibility index (Phi) is 9.39. The lowest BCUT2D eigenvalue weighted by atomic mass is 9.61. The minimum Gasteiger partial charge on any atom is -0.395 e. The number of aliphatic hydroxyl groups is 2. The molecule has 3 N–H and O–H groups in total. The second-order valence-electron chi connectivity index (χ2n) is 13.8. The van der Waals surface area contributed by atoms with Crippen molar-refractivity contribution in [1.82, 2.24) is 5.32 Å². The van der Waals surface area contributed by atoms with Crippen molar-refractivity contribution in [3.63, 3.8) is 0 Å². The first kappa shape index (κ1) is 29.9. The third-order valence-electron chi connectivity index (χ3n) is 10.0. The maximum absolute atomic E-state index is 12.6.